The number of aromatic nitrogens is 2. The molecule has 0 atom stereocenters. The average Bonchev–Trinajstić information content (AvgIpc) is 2.59. The van der Waals surface area contributed by atoms with E-state index in [1.807, 2.05) is 20.0 Å². The molecule has 1 aromatic heterocycles. The molecule has 1 heterocycles. The molecule has 1 aromatic rings. The van der Waals surface area contributed by atoms with Gasteiger partial charge in [0.15, 0.2) is 0 Å². The molecule has 0 spiro atoms. The third kappa shape index (κ3) is 4.50. The van der Waals surface area contributed by atoms with Crippen LogP contribution in [0.15, 0.2) is 6.20 Å². The van der Waals surface area contributed by atoms with Gasteiger partial charge in [0.05, 0.1) is 0 Å². The van der Waals surface area contributed by atoms with Crippen molar-refractivity contribution in [2.45, 2.75) is 60.9 Å². The molecule has 0 saturated carbocycles. The van der Waals surface area contributed by atoms with Crippen LogP contribution in [0, 0.1) is 12.8 Å². The standard InChI is InChI=1S/C11H20N2.C2H6/c1-5-11-12-8-10(4)13(11)7-6-9(2)3;1-2/h8-9H,5-7H2,1-4H3;1-2H3. The van der Waals surface area contributed by atoms with Gasteiger partial charge in [-0.15, -0.1) is 0 Å². The van der Waals surface area contributed by atoms with E-state index in [2.05, 4.69) is 37.2 Å². The normalized spacial score (nSPS) is 10.1. The molecule has 0 bridgehead atoms. The quantitative estimate of drug-likeness (QED) is 0.738. The zero-order chi connectivity index (χ0) is 11.8. The molecule has 15 heavy (non-hydrogen) atoms. The summed E-state index contributed by atoms with van der Waals surface area (Å²) in [7, 11) is 0. The van der Waals surface area contributed by atoms with Crippen LogP contribution in [-0.2, 0) is 13.0 Å². The molecule has 2 heteroatoms. The van der Waals surface area contributed by atoms with Gasteiger partial charge >= 0.3 is 0 Å². The van der Waals surface area contributed by atoms with Gasteiger partial charge in [-0.25, -0.2) is 4.98 Å². The first-order valence-electron chi connectivity index (χ1n) is 6.16. The summed E-state index contributed by atoms with van der Waals surface area (Å²) >= 11 is 0. The predicted molar refractivity (Wildman–Crippen MR) is 67.1 cm³/mol. The lowest BCUT2D eigenvalue weighted by atomic mass is 10.1. The molecule has 0 N–H and O–H groups in total. The van der Waals surface area contributed by atoms with Gasteiger partial charge in [0.2, 0.25) is 0 Å². The Morgan fingerprint density at radius 3 is 2.40 bits per heavy atom. The molecule has 0 radical (unpaired) electrons. The third-order valence-electron chi connectivity index (χ3n) is 2.38. The fraction of sp³-hybridized carbons (Fsp3) is 0.769. The summed E-state index contributed by atoms with van der Waals surface area (Å²) in [4.78, 5) is 4.38. The lowest BCUT2D eigenvalue weighted by Crippen LogP contribution is -2.07. The van der Waals surface area contributed by atoms with E-state index in [0.717, 1.165) is 18.9 Å². The first kappa shape index (κ1) is 14.2. The van der Waals surface area contributed by atoms with Crippen LogP contribution in [-0.4, -0.2) is 9.55 Å². The number of hydrogen-bond acceptors (Lipinski definition) is 1. The molecule has 1 rings (SSSR count). The van der Waals surface area contributed by atoms with Crippen LogP contribution in [0.25, 0.3) is 0 Å². The van der Waals surface area contributed by atoms with E-state index in [1.165, 1.54) is 17.9 Å². The topological polar surface area (TPSA) is 17.8 Å². The Morgan fingerprint density at radius 2 is 1.93 bits per heavy atom. The molecule has 2 nitrogen and oxygen atoms in total. The fourth-order valence-corrected chi connectivity index (χ4v) is 1.49. The molecular formula is C13H26N2. The SMILES string of the molecule is CC.CCc1ncc(C)n1CCC(C)C. The fourth-order valence-electron chi connectivity index (χ4n) is 1.49. The highest BCUT2D eigenvalue weighted by Gasteiger charge is 2.04. The maximum absolute atomic E-state index is 4.38. The smallest absolute Gasteiger partial charge is 0.108 e. The molecule has 0 aliphatic rings. The molecule has 0 aliphatic heterocycles. The molecule has 0 aliphatic carbocycles. The summed E-state index contributed by atoms with van der Waals surface area (Å²) in [5.41, 5.74) is 1.29. The van der Waals surface area contributed by atoms with Gasteiger partial charge in [-0.05, 0) is 19.3 Å². The first-order valence-corrected chi connectivity index (χ1v) is 6.16. The second-order valence-corrected chi connectivity index (χ2v) is 4.00. The third-order valence-corrected chi connectivity index (χ3v) is 2.38. The summed E-state index contributed by atoms with van der Waals surface area (Å²) in [6, 6.07) is 0. The van der Waals surface area contributed by atoms with Gasteiger partial charge in [0, 0.05) is 24.9 Å². The lowest BCUT2D eigenvalue weighted by Gasteiger charge is -2.10. The zero-order valence-corrected chi connectivity index (χ0v) is 11.2. The van der Waals surface area contributed by atoms with Crippen LogP contribution < -0.4 is 0 Å². The van der Waals surface area contributed by atoms with Crippen molar-refractivity contribution in [1.82, 2.24) is 9.55 Å². The minimum absolute atomic E-state index is 0.770. The predicted octanol–water partition coefficient (Wildman–Crippen LogP) is 3.83. The van der Waals surface area contributed by atoms with Crippen molar-refractivity contribution >= 4 is 0 Å². The van der Waals surface area contributed by atoms with Crippen molar-refractivity contribution < 1.29 is 0 Å². The Bertz CT molecular complexity index is 261. The zero-order valence-electron chi connectivity index (χ0n) is 11.2. The Hall–Kier alpha value is -0.790. The van der Waals surface area contributed by atoms with E-state index >= 15 is 0 Å². The van der Waals surface area contributed by atoms with Crippen LogP contribution >= 0.6 is 0 Å². The highest BCUT2D eigenvalue weighted by atomic mass is 15.1. The molecule has 0 saturated heterocycles. The van der Waals surface area contributed by atoms with E-state index in [0.29, 0.717) is 0 Å². The van der Waals surface area contributed by atoms with Crippen molar-refractivity contribution in [3.63, 3.8) is 0 Å². The van der Waals surface area contributed by atoms with E-state index in [-0.39, 0.29) is 0 Å². The van der Waals surface area contributed by atoms with Crippen molar-refractivity contribution in [2.75, 3.05) is 0 Å². The van der Waals surface area contributed by atoms with Gasteiger partial charge in [0.1, 0.15) is 5.82 Å². The van der Waals surface area contributed by atoms with E-state index < -0.39 is 0 Å². The monoisotopic (exact) mass is 210 g/mol. The van der Waals surface area contributed by atoms with Gasteiger partial charge in [-0.1, -0.05) is 34.6 Å². The Labute approximate surface area is 94.7 Å². The number of rotatable bonds is 4. The van der Waals surface area contributed by atoms with Crippen LogP contribution in [0.4, 0.5) is 0 Å². The van der Waals surface area contributed by atoms with Crippen LogP contribution in [0.5, 0.6) is 0 Å². The Kier molecular flexibility index (Phi) is 7.10. The number of aryl methyl sites for hydroxylation is 2. The summed E-state index contributed by atoms with van der Waals surface area (Å²) in [6.45, 7) is 13.9. The summed E-state index contributed by atoms with van der Waals surface area (Å²) < 4.78 is 2.33. The summed E-state index contributed by atoms with van der Waals surface area (Å²) in [5, 5.41) is 0. The highest BCUT2D eigenvalue weighted by molar-refractivity contribution is 5.03. The lowest BCUT2D eigenvalue weighted by molar-refractivity contribution is 0.501. The van der Waals surface area contributed by atoms with Crippen LogP contribution in [0.2, 0.25) is 0 Å². The summed E-state index contributed by atoms with van der Waals surface area (Å²) in [5.74, 6) is 1.99. The van der Waals surface area contributed by atoms with Crippen molar-refractivity contribution in [1.29, 1.82) is 0 Å². The molecule has 0 fully saturated rings. The van der Waals surface area contributed by atoms with Crippen molar-refractivity contribution in [3.05, 3.63) is 17.7 Å². The number of hydrogen-bond donors (Lipinski definition) is 0. The Morgan fingerprint density at radius 1 is 1.33 bits per heavy atom. The van der Waals surface area contributed by atoms with Gasteiger partial charge < -0.3 is 4.57 Å². The van der Waals surface area contributed by atoms with E-state index in [4.69, 9.17) is 0 Å². The number of nitrogens with zero attached hydrogens (tertiary/aromatic N) is 2. The second kappa shape index (κ2) is 7.49. The maximum atomic E-state index is 4.38. The van der Waals surface area contributed by atoms with Crippen LogP contribution in [0.1, 0.15) is 52.6 Å². The van der Waals surface area contributed by atoms with Gasteiger partial charge in [-0.2, -0.15) is 0 Å². The van der Waals surface area contributed by atoms with Crippen molar-refractivity contribution in [2.24, 2.45) is 5.92 Å². The number of imidazole rings is 1. The molecule has 0 unspecified atom stereocenters. The molecule has 0 aromatic carbocycles. The summed E-state index contributed by atoms with van der Waals surface area (Å²) in [6.07, 6.45) is 4.25. The maximum Gasteiger partial charge on any atom is 0.108 e. The van der Waals surface area contributed by atoms with Gasteiger partial charge in [0.25, 0.3) is 0 Å². The molecular weight excluding hydrogens is 184 g/mol. The van der Waals surface area contributed by atoms with E-state index in [9.17, 15) is 0 Å². The largest absolute Gasteiger partial charge is 0.332 e. The van der Waals surface area contributed by atoms with Crippen LogP contribution in [0.3, 0.4) is 0 Å². The van der Waals surface area contributed by atoms with Gasteiger partial charge in [-0.3, -0.25) is 0 Å². The molecule has 88 valence electrons. The Balaban J connectivity index is 0.000000921. The minimum atomic E-state index is 0.770. The van der Waals surface area contributed by atoms with Crippen molar-refractivity contribution in [3.8, 4) is 0 Å². The minimum Gasteiger partial charge on any atom is -0.332 e. The molecule has 0 amide bonds. The highest BCUT2D eigenvalue weighted by Crippen LogP contribution is 2.09. The first-order chi connectivity index (χ1) is 7.15. The average molecular weight is 210 g/mol. The second-order valence-electron chi connectivity index (χ2n) is 4.00. The van der Waals surface area contributed by atoms with E-state index in [1.54, 1.807) is 0 Å².